The van der Waals surface area contributed by atoms with Crippen LogP contribution >= 0.6 is 0 Å². The second-order valence-electron chi connectivity index (χ2n) is 8.72. The van der Waals surface area contributed by atoms with Crippen molar-refractivity contribution < 1.29 is 27.1 Å². The molecule has 0 fully saturated rings. The molecule has 0 saturated heterocycles. The monoisotopic (exact) mass is 516 g/mol. The van der Waals surface area contributed by atoms with Gasteiger partial charge in [0.25, 0.3) is 0 Å². The van der Waals surface area contributed by atoms with E-state index in [0.29, 0.717) is 28.7 Å². The van der Waals surface area contributed by atoms with Crippen LogP contribution in [0.3, 0.4) is 0 Å². The summed E-state index contributed by atoms with van der Waals surface area (Å²) in [6, 6.07) is 11.4. The summed E-state index contributed by atoms with van der Waals surface area (Å²) in [5.41, 5.74) is 1.83. The van der Waals surface area contributed by atoms with Crippen LogP contribution in [0.5, 0.6) is 11.6 Å². The number of ether oxygens (including phenoxy) is 1. The number of carbonyl (C=O) groups is 1. The zero-order valence-electron chi connectivity index (χ0n) is 20.9. The number of fused-ring (bicyclic) bond motifs is 1. The minimum atomic E-state index is -4.22. The van der Waals surface area contributed by atoms with Crippen molar-refractivity contribution in [2.24, 2.45) is 13.0 Å². The highest BCUT2D eigenvalue weighted by Crippen LogP contribution is 2.30. The summed E-state index contributed by atoms with van der Waals surface area (Å²) in [5, 5.41) is 2.71. The number of rotatable bonds is 6. The highest BCUT2D eigenvalue weighted by atomic mass is 19.4. The molecule has 1 amide bonds. The predicted octanol–water partition coefficient (Wildman–Crippen LogP) is 7.29. The molecule has 4 rings (SSSR count). The fourth-order valence-electron chi connectivity index (χ4n) is 3.42. The van der Waals surface area contributed by atoms with Gasteiger partial charge in [0.2, 0.25) is 11.8 Å². The van der Waals surface area contributed by atoms with Gasteiger partial charge in [-0.1, -0.05) is 44.0 Å². The first-order valence-electron chi connectivity index (χ1n) is 11.6. The van der Waals surface area contributed by atoms with Gasteiger partial charge in [-0.05, 0) is 37.1 Å². The third-order valence-corrected chi connectivity index (χ3v) is 5.62. The molecular weight excluding hydrogens is 488 g/mol. The van der Waals surface area contributed by atoms with Crippen molar-refractivity contribution in [1.29, 1.82) is 0 Å². The number of hydrogen-bond acceptors (Lipinski definition) is 4. The minimum Gasteiger partial charge on any atom is -0.434 e. The zero-order chi connectivity index (χ0) is 27.2. The molecule has 2 heterocycles. The van der Waals surface area contributed by atoms with Crippen molar-refractivity contribution in [2.45, 2.75) is 39.8 Å². The van der Waals surface area contributed by atoms with Gasteiger partial charge in [0.1, 0.15) is 11.8 Å². The van der Waals surface area contributed by atoms with E-state index in [1.54, 1.807) is 19.1 Å². The summed E-state index contributed by atoms with van der Waals surface area (Å²) >= 11 is 0. The predicted molar refractivity (Wildman–Crippen MR) is 134 cm³/mol. The first kappa shape index (κ1) is 27.6. The van der Waals surface area contributed by atoms with E-state index < -0.39 is 17.6 Å². The van der Waals surface area contributed by atoms with Crippen LogP contribution < -0.4 is 10.1 Å². The third kappa shape index (κ3) is 7.52. The molecule has 2 aromatic carbocycles. The average molecular weight is 517 g/mol. The molecule has 4 aromatic rings. The molecule has 1 N–H and O–H groups in total. The van der Waals surface area contributed by atoms with Crippen molar-refractivity contribution in [2.75, 3.05) is 5.32 Å². The van der Waals surface area contributed by atoms with Gasteiger partial charge in [-0.2, -0.15) is 18.2 Å². The fourth-order valence-corrected chi connectivity index (χ4v) is 3.42. The maximum atomic E-state index is 14.4. The van der Waals surface area contributed by atoms with Crippen molar-refractivity contribution >= 4 is 22.6 Å². The van der Waals surface area contributed by atoms with Crippen LogP contribution in [0, 0.1) is 18.7 Å². The second kappa shape index (κ2) is 11.9. The van der Waals surface area contributed by atoms with E-state index in [1.807, 2.05) is 37.7 Å². The standard InChI is InChI=1S/C19H21FN4O2.C8H7F3/c1-4-12(2)9-17(25)23-13-5-6-16(14(20)10-13)26-19-18-15(21-11-22-19)7-8-24(18)3;1-6-3-2-4-7(5-6)8(9,10)11/h5-8,10-12H,4,9H2,1-3H3,(H,23,25);2-5H,1H3. The van der Waals surface area contributed by atoms with Gasteiger partial charge in [0.05, 0.1) is 11.1 Å². The Hall–Kier alpha value is -3.95. The van der Waals surface area contributed by atoms with E-state index >= 15 is 0 Å². The Morgan fingerprint density at radius 2 is 1.89 bits per heavy atom. The fraction of sp³-hybridized carbons (Fsp3) is 0.296. The first-order chi connectivity index (χ1) is 17.5. The highest BCUT2D eigenvalue weighted by molar-refractivity contribution is 5.90. The molecule has 2 aromatic heterocycles. The molecule has 0 spiro atoms. The molecule has 1 atom stereocenters. The van der Waals surface area contributed by atoms with Crippen molar-refractivity contribution in [1.82, 2.24) is 14.5 Å². The third-order valence-electron chi connectivity index (χ3n) is 5.62. The first-order valence-corrected chi connectivity index (χ1v) is 11.6. The van der Waals surface area contributed by atoms with E-state index in [-0.39, 0.29) is 23.5 Å². The molecule has 196 valence electrons. The smallest absolute Gasteiger partial charge is 0.416 e. The van der Waals surface area contributed by atoms with Crippen LogP contribution in [0.25, 0.3) is 11.0 Å². The topological polar surface area (TPSA) is 69.0 Å². The maximum Gasteiger partial charge on any atom is 0.416 e. The molecule has 0 radical (unpaired) electrons. The number of aryl methyl sites for hydroxylation is 2. The molecular formula is C27H28F4N4O2. The summed E-state index contributed by atoms with van der Waals surface area (Å²) in [6.45, 7) is 5.67. The molecule has 37 heavy (non-hydrogen) atoms. The lowest BCUT2D eigenvalue weighted by Gasteiger charge is -2.11. The molecule has 10 heteroatoms. The number of amides is 1. The minimum absolute atomic E-state index is 0.0334. The number of aromatic nitrogens is 3. The quantitative estimate of drug-likeness (QED) is 0.273. The van der Waals surface area contributed by atoms with E-state index in [1.165, 1.54) is 24.5 Å². The Bertz CT molecular complexity index is 1370. The number of nitrogens with zero attached hydrogens (tertiary/aromatic N) is 3. The number of nitrogens with one attached hydrogen (secondary N) is 1. The van der Waals surface area contributed by atoms with Crippen LogP contribution in [0.15, 0.2) is 61.1 Å². The average Bonchev–Trinajstić information content (AvgIpc) is 3.22. The van der Waals surface area contributed by atoms with Crippen LogP contribution in [-0.2, 0) is 18.0 Å². The Balaban J connectivity index is 0.000000289. The molecule has 0 aliphatic heterocycles. The molecule has 6 nitrogen and oxygen atoms in total. The van der Waals surface area contributed by atoms with Gasteiger partial charge in [-0.25, -0.2) is 9.37 Å². The number of hydrogen-bond donors (Lipinski definition) is 1. The van der Waals surface area contributed by atoms with Gasteiger partial charge >= 0.3 is 6.18 Å². The Kier molecular flexibility index (Phi) is 8.86. The normalized spacial score (nSPS) is 12.0. The largest absolute Gasteiger partial charge is 0.434 e. The molecule has 0 saturated carbocycles. The SMILES string of the molecule is CCC(C)CC(=O)Nc1ccc(Oc2ncnc3ccn(C)c23)c(F)c1.Cc1cccc(C(F)(F)F)c1. The highest BCUT2D eigenvalue weighted by Gasteiger charge is 2.29. The van der Waals surface area contributed by atoms with Gasteiger partial charge in [-0.3, -0.25) is 4.79 Å². The van der Waals surface area contributed by atoms with Crippen LogP contribution in [0.4, 0.5) is 23.2 Å². The zero-order valence-corrected chi connectivity index (χ0v) is 20.9. The number of alkyl halides is 3. The summed E-state index contributed by atoms with van der Waals surface area (Å²) in [5.74, 6) is -0.116. The van der Waals surface area contributed by atoms with Gasteiger partial charge in [0, 0.05) is 31.4 Å². The van der Waals surface area contributed by atoms with Gasteiger partial charge in [-0.15, -0.1) is 0 Å². The summed E-state index contributed by atoms with van der Waals surface area (Å²) < 4.78 is 57.8. The Morgan fingerprint density at radius 3 is 2.51 bits per heavy atom. The maximum absolute atomic E-state index is 14.4. The van der Waals surface area contributed by atoms with E-state index in [4.69, 9.17) is 4.74 Å². The summed E-state index contributed by atoms with van der Waals surface area (Å²) in [6.07, 6.45) is 0.313. The summed E-state index contributed by atoms with van der Waals surface area (Å²) in [7, 11) is 1.84. The Morgan fingerprint density at radius 1 is 1.14 bits per heavy atom. The number of anilines is 1. The van der Waals surface area contributed by atoms with Gasteiger partial charge < -0.3 is 14.6 Å². The van der Waals surface area contributed by atoms with Crippen LogP contribution in [0.2, 0.25) is 0 Å². The molecule has 1 unspecified atom stereocenters. The number of carbonyl (C=O) groups excluding carboxylic acids is 1. The second-order valence-corrected chi connectivity index (χ2v) is 8.72. The number of halogens is 4. The lowest BCUT2D eigenvalue weighted by molar-refractivity contribution is -0.137. The van der Waals surface area contributed by atoms with E-state index in [2.05, 4.69) is 15.3 Å². The number of benzene rings is 2. The lowest BCUT2D eigenvalue weighted by atomic mass is 10.1. The Labute approximate surface area is 212 Å². The lowest BCUT2D eigenvalue weighted by Crippen LogP contribution is -2.14. The van der Waals surface area contributed by atoms with Crippen LogP contribution in [0.1, 0.15) is 37.8 Å². The molecule has 0 aliphatic carbocycles. The molecule has 0 aliphatic rings. The van der Waals surface area contributed by atoms with Gasteiger partial charge in [0.15, 0.2) is 11.6 Å². The summed E-state index contributed by atoms with van der Waals surface area (Å²) in [4.78, 5) is 20.2. The van der Waals surface area contributed by atoms with Crippen molar-refractivity contribution in [3.63, 3.8) is 0 Å². The van der Waals surface area contributed by atoms with Crippen molar-refractivity contribution in [3.05, 3.63) is 78.0 Å². The molecule has 0 bridgehead atoms. The van der Waals surface area contributed by atoms with E-state index in [9.17, 15) is 22.4 Å². The van der Waals surface area contributed by atoms with E-state index in [0.717, 1.165) is 18.6 Å². The van der Waals surface area contributed by atoms with Crippen molar-refractivity contribution in [3.8, 4) is 11.6 Å². The van der Waals surface area contributed by atoms with Crippen LogP contribution in [-0.4, -0.2) is 20.4 Å².